The summed E-state index contributed by atoms with van der Waals surface area (Å²) < 4.78 is 21.2. The highest BCUT2D eigenvalue weighted by Crippen LogP contribution is 2.43. The molecular formula is C25H24N2O7. The number of aliphatic hydroxyl groups excluding tert-OH is 1. The number of ketones is 1. The van der Waals surface area contributed by atoms with Crippen molar-refractivity contribution >= 4 is 23.3 Å². The lowest BCUT2D eigenvalue weighted by Crippen LogP contribution is -2.29. The summed E-state index contributed by atoms with van der Waals surface area (Å²) >= 11 is 0. The Morgan fingerprint density at radius 2 is 1.76 bits per heavy atom. The summed E-state index contributed by atoms with van der Waals surface area (Å²) in [5.41, 5.74) is 0.801. The van der Waals surface area contributed by atoms with Crippen LogP contribution in [-0.4, -0.2) is 42.8 Å². The number of ether oxygens (including phenoxy) is 3. The average molecular weight is 464 g/mol. The number of carbonyl (C=O) groups excluding carboxylic acids is 2. The van der Waals surface area contributed by atoms with Crippen molar-refractivity contribution in [3.63, 3.8) is 0 Å². The summed E-state index contributed by atoms with van der Waals surface area (Å²) in [5, 5.41) is 15.2. The number of hydrogen-bond donors (Lipinski definition) is 1. The summed E-state index contributed by atoms with van der Waals surface area (Å²) in [7, 11) is 2.96. The van der Waals surface area contributed by atoms with E-state index in [4.69, 9.17) is 18.7 Å². The first-order valence-corrected chi connectivity index (χ1v) is 10.6. The predicted molar refractivity (Wildman–Crippen MR) is 123 cm³/mol. The Kier molecular flexibility index (Phi) is 6.27. The topological polar surface area (TPSA) is 111 Å². The summed E-state index contributed by atoms with van der Waals surface area (Å²) in [6, 6.07) is 12.3. The number of Topliss-reactive ketones (excluding diaryl/α,β-unsaturated/α-hetero) is 1. The van der Waals surface area contributed by atoms with Crippen molar-refractivity contribution in [1.82, 2.24) is 5.16 Å². The molecule has 2 heterocycles. The predicted octanol–water partition coefficient (Wildman–Crippen LogP) is 4.03. The van der Waals surface area contributed by atoms with Gasteiger partial charge in [0.25, 0.3) is 5.78 Å². The van der Waals surface area contributed by atoms with E-state index < -0.39 is 17.7 Å². The number of anilines is 1. The molecule has 176 valence electrons. The third kappa shape index (κ3) is 3.96. The summed E-state index contributed by atoms with van der Waals surface area (Å²) in [6.07, 6.45) is 0. The van der Waals surface area contributed by atoms with Crippen LogP contribution < -0.4 is 19.1 Å². The van der Waals surface area contributed by atoms with Crippen LogP contribution in [0.2, 0.25) is 0 Å². The number of aromatic nitrogens is 1. The van der Waals surface area contributed by atoms with Crippen LogP contribution in [-0.2, 0) is 9.59 Å². The lowest BCUT2D eigenvalue weighted by atomic mass is 9.95. The van der Waals surface area contributed by atoms with Gasteiger partial charge < -0.3 is 23.8 Å². The molecule has 1 aliphatic rings. The van der Waals surface area contributed by atoms with Gasteiger partial charge in [0.15, 0.2) is 17.3 Å². The van der Waals surface area contributed by atoms with Gasteiger partial charge in [0.05, 0.1) is 32.4 Å². The van der Waals surface area contributed by atoms with Gasteiger partial charge in [0.2, 0.25) is 0 Å². The third-order valence-electron chi connectivity index (χ3n) is 5.47. The normalized spacial score (nSPS) is 17.2. The molecule has 9 nitrogen and oxygen atoms in total. The van der Waals surface area contributed by atoms with Gasteiger partial charge in [-0.25, -0.2) is 0 Å². The largest absolute Gasteiger partial charge is 0.507 e. The highest BCUT2D eigenvalue weighted by Gasteiger charge is 2.48. The zero-order valence-electron chi connectivity index (χ0n) is 19.2. The van der Waals surface area contributed by atoms with Gasteiger partial charge in [0.1, 0.15) is 17.3 Å². The van der Waals surface area contributed by atoms with Crippen molar-refractivity contribution in [1.29, 1.82) is 0 Å². The maximum atomic E-state index is 13.2. The summed E-state index contributed by atoms with van der Waals surface area (Å²) in [5.74, 6) is 0.0977. The standard InChI is InChI=1S/C25H24N2O7/c1-5-33-17-9-6-15(7-10-17)22-21(23(28)16-8-11-18(31-3)19(13-16)32-4)24(29)25(30)27(22)20-12-14(2)34-26-20/h6-13,22,28H,5H2,1-4H3/t22-/m1/s1. The molecule has 3 aromatic rings. The highest BCUT2D eigenvalue weighted by atomic mass is 16.5. The van der Waals surface area contributed by atoms with Gasteiger partial charge in [-0.15, -0.1) is 0 Å². The molecule has 34 heavy (non-hydrogen) atoms. The lowest BCUT2D eigenvalue weighted by Gasteiger charge is -2.23. The van der Waals surface area contributed by atoms with Gasteiger partial charge in [-0.1, -0.05) is 17.3 Å². The Bertz CT molecular complexity index is 1260. The fourth-order valence-electron chi connectivity index (χ4n) is 3.90. The minimum atomic E-state index is -0.937. The van der Waals surface area contributed by atoms with Crippen LogP contribution in [0.25, 0.3) is 5.76 Å². The van der Waals surface area contributed by atoms with E-state index in [-0.39, 0.29) is 17.2 Å². The number of aliphatic hydroxyl groups is 1. The molecule has 0 unspecified atom stereocenters. The Hall–Kier alpha value is -4.27. The van der Waals surface area contributed by atoms with Crippen LogP contribution >= 0.6 is 0 Å². The molecule has 0 spiro atoms. The molecule has 1 saturated heterocycles. The summed E-state index contributed by atoms with van der Waals surface area (Å²) in [4.78, 5) is 27.5. The second-order valence-corrected chi connectivity index (χ2v) is 7.54. The number of carbonyl (C=O) groups is 2. The molecule has 4 rings (SSSR count). The van der Waals surface area contributed by atoms with E-state index >= 15 is 0 Å². The van der Waals surface area contributed by atoms with Crippen molar-refractivity contribution in [2.75, 3.05) is 25.7 Å². The Morgan fingerprint density at radius 1 is 1.06 bits per heavy atom. The molecule has 0 saturated carbocycles. The average Bonchev–Trinajstić information content (AvgIpc) is 3.39. The van der Waals surface area contributed by atoms with Gasteiger partial charge >= 0.3 is 5.91 Å². The molecule has 1 aliphatic heterocycles. The fraction of sp³-hybridized carbons (Fsp3) is 0.240. The van der Waals surface area contributed by atoms with Crippen LogP contribution in [0.15, 0.2) is 58.6 Å². The van der Waals surface area contributed by atoms with E-state index in [0.29, 0.717) is 40.7 Å². The van der Waals surface area contributed by atoms with Crippen LogP contribution in [0.1, 0.15) is 29.9 Å². The smallest absolute Gasteiger partial charge is 0.301 e. The molecule has 0 aliphatic carbocycles. The number of benzene rings is 2. The zero-order valence-corrected chi connectivity index (χ0v) is 19.2. The van der Waals surface area contributed by atoms with Crippen molar-refractivity contribution < 1.29 is 33.4 Å². The molecule has 1 amide bonds. The van der Waals surface area contributed by atoms with Crippen molar-refractivity contribution in [2.45, 2.75) is 19.9 Å². The third-order valence-corrected chi connectivity index (χ3v) is 5.47. The van der Waals surface area contributed by atoms with Crippen LogP contribution in [0.5, 0.6) is 17.2 Å². The lowest BCUT2D eigenvalue weighted by molar-refractivity contribution is -0.132. The molecule has 1 N–H and O–H groups in total. The monoisotopic (exact) mass is 464 g/mol. The van der Waals surface area contributed by atoms with Crippen LogP contribution in [0, 0.1) is 6.92 Å². The van der Waals surface area contributed by atoms with Crippen molar-refractivity contribution in [2.24, 2.45) is 0 Å². The highest BCUT2D eigenvalue weighted by molar-refractivity contribution is 6.51. The van der Waals surface area contributed by atoms with Crippen molar-refractivity contribution in [3.05, 3.63) is 71.0 Å². The van der Waals surface area contributed by atoms with E-state index in [1.807, 2.05) is 6.92 Å². The molecule has 0 radical (unpaired) electrons. The first-order valence-electron chi connectivity index (χ1n) is 10.6. The van der Waals surface area contributed by atoms with Crippen molar-refractivity contribution in [3.8, 4) is 17.2 Å². The van der Waals surface area contributed by atoms with E-state index in [0.717, 1.165) is 0 Å². The minimum Gasteiger partial charge on any atom is -0.507 e. The second-order valence-electron chi connectivity index (χ2n) is 7.54. The molecule has 0 bridgehead atoms. The van der Waals surface area contributed by atoms with E-state index in [1.165, 1.54) is 25.2 Å². The number of aryl methyl sites for hydroxylation is 1. The Morgan fingerprint density at radius 3 is 2.35 bits per heavy atom. The van der Waals surface area contributed by atoms with Gasteiger partial charge in [-0.3, -0.25) is 14.5 Å². The SMILES string of the molecule is CCOc1ccc([C@@H]2C(=C(O)c3ccc(OC)c(OC)c3)C(=O)C(=O)N2c2cc(C)on2)cc1. The number of hydrogen-bond acceptors (Lipinski definition) is 8. The Balaban J connectivity index is 1.90. The zero-order chi connectivity index (χ0) is 24.4. The number of rotatable bonds is 7. The minimum absolute atomic E-state index is 0.0815. The van der Waals surface area contributed by atoms with Gasteiger partial charge in [0, 0.05) is 11.6 Å². The quantitative estimate of drug-likeness (QED) is 0.317. The van der Waals surface area contributed by atoms with Crippen LogP contribution in [0.3, 0.4) is 0 Å². The first kappa shape index (κ1) is 22.9. The molecule has 9 heteroatoms. The Labute approximate surface area is 196 Å². The van der Waals surface area contributed by atoms with E-state index in [1.54, 1.807) is 49.4 Å². The molecular weight excluding hydrogens is 440 g/mol. The molecule has 1 fully saturated rings. The summed E-state index contributed by atoms with van der Waals surface area (Å²) in [6.45, 7) is 4.05. The van der Waals surface area contributed by atoms with Gasteiger partial charge in [-0.2, -0.15) is 0 Å². The number of nitrogens with zero attached hydrogens (tertiary/aromatic N) is 2. The number of amides is 1. The number of methoxy groups -OCH3 is 2. The maximum Gasteiger partial charge on any atom is 0.301 e. The molecule has 1 atom stereocenters. The second kappa shape index (κ2) is 9.30. The van der Waals surface area contributed by atoms with Crippen LogP contribution in [0.4, 0.5) is 5.82 Å². The molecule has 1 aromatic heterocycles. The maximum absolute atomic E-state index is 13.2. The van der Waals surface area contributed by atoms with E-state index in [9.17, 15) is 14.7 Å². The fourth-order valence-corrected chi connectivity index (χ4v) is 3.90. The first-order chi connectivity index (χ1) is 16.4. The molecule has 2 aromatic carbocycles. The van der Waals surface area contributed by atoms with E-state index in [2.05, 4.69) is 5.16 Å². The van der Waals surface area contributed by atoms with Gasteiger partial charge in [-0.05, 0) is 49.7 Å².